The number of anilines is 1. The number of hydrogen-bond acceptors (Lipinski definition) is 5. The molecule has 0 unspecified atom stereocenters. The highest BCUT2D eigenvalue weighted by Gasteiger charge is 2.21. The minimum absolute atomic E-state index is 0.0304. The number of carbonyl (C=O) groups excluding carboxylic acids is 2. The van der Waals surface area contributed by atoms with Crippen LogP contribution in [0.25, 0.3) is 11.1 Å². The molecule has 9 nitrogen and oxygen atoms in total. The number of fused-ring (bicyclic) bond motifs is 1. The molecule has 10 heteroatoms. The summed E-state index contributed by atoms with van der Waals surface area (Å²) >= 11 is 6.35. The van der Waals surface area contributed by atoms with E-state index in [-0.39, 0.29) is 12.1 Å². The maximum absolute atomic E-state index is 12.3. The molecule has 0 aromatic carbocycles. The van der Waals surface area contributed by atoms with E-state index in [0.29, 0.717) is 43.7 Å². The number of urea groups is 1. The Kier molecular flexibility index (Phi) is 5.45. The summed E-state index contributed by atoms with van der Waals surface area (Å²) in [5.74, 6) is 0.402. The standard InChI is InChI=1S/C18H21ClN6O3/c19-15-9-20-17(23-18(27)22-12-1-3-24(11-26)4-2-12)7-13(15)14-8-21-25-5-6-28-10-16(14)25/h7-9,11-12H,1-6,10H2,(H2,20,22,23,27). The van der Waals surface area contributed by atoms with Gasteiger partial charge in [0, 0.05) is 36.5 Å². The van der Waals surface area contributed by atoms with E-state index in [1.54, 1.807) is 17.2 Å². The molecule has 0 bridgehead atoms. The Morgan fingerprint density at radius 1 is 1.25 bits per heavy atom. The molecule has 28 heavy (non-hydrogen) atoms. The van der Waals surface area contributed by atoms with Crippen molar-refractivity contribution < 1.29 is 14.3 Å². The minimum Gasteiger partial charge on any atom is -0.373 e. The zero-order valence-corrected chi connectivity index (χ0v) is 16.0. The molecular formula is C18H21ClN6O3. The lowest BCUT2D eigenvalue weighted by molar-refractivity contribution is -0.119. The second-order valence-electron chi connectivity index (χ2n) is 6.84. The Bertz CT molecular complexity index is 878. The molecule has 2 aromatic heterocycles. The van der Waals surface area contributed by atoms with Crippen molar-refractivity contribution in [3.05, 3.63) is 29.2 Å². The van der Waals surface area contributed by atoms with Crippen molar-refractivity contribution in [3.8, 4) is 11.1 Å². The summed E-state index contributed by atoms with van der Waals surface area (Å²) in [5, 5.41) is 10.6. The van der Waals surface area contributed by atoms with E-state index in [4.69, 9.17) is 16.3 Å². The lowest BCUT2D eigenvalue weighted by Gasteiger charge is -2.29. The van der Waals surface area contributed by atoms with Gasteiger partial charge >= 0.3 is 6.03 Å². The maximum atomic E-state index is 12.3. The Hall–Kier alpha value is -2.65. The van der Waals surface area contributed by atoms with Crippen LogP contribution in [0, 0.1) is 0 Å². The molecule has 3 amide bonds. The smallest absolute Gasteiger partial charge is 0.320 e. The summed E-state index contributed by atoms with van der Waals surface area (Å²) in [6.45, 7) is 3.10. The van der Waals surface area contributed by atoms with Gasteiger partial charge in [-0.15, -0.1) is 0 Å². The van der Waals surface area contributed by atoms with Gasteiger partial charge in [-0.25, -0.2) is 9.78 Å². The van der Waals surface area contributed by atoms with E-state index in [1.165, 1.54) is 6.20 Å². The number of likely N-dealkylation sites (tertiary alicyclic amines) is 1. The summed E-state index contributed by atoms with van der Waals surface area (Å²) in [7, 11) is 0. The number of rotatable bonds is 4. The molecule has 2 N–H and O–H groups in total. The summed E-state index contributed by atoms with van der Waals surface area (Å²) in [6, 6.07) is 1.44. The van der Waals surface area contributed by atoms with Gasteiger partial charge in [-0.05, 0) is 18.9 Å². The van der Waals surface area contributed by atoms with Gasteiger partial charge in [-0.1, -0.05) is 11.6 Å². The fraction of sp³-hybridized carbons (Fsp3) is 0.444. The number of carbonyl (C=O) groups is 2. The number of nitrogens with zero attached hydrogens (tertiary/aromatic N) is 4. The van der Waals surface area contributed by atoms with Crippen LogP contribution in [0.2, 0.25) is 5.02 Å². The first kappa shape index (κ1) is 18.7. The first-order chi connectivity index (χ1) is 13.6. The summed E-state index contributed by atoms with van der Waals surface area (Å²) in [6.07, 6.45) is 5.58. The van der Waals surface area contributed by atoms with Crippen LogP contribution in [0.5, 0.6) is 0 Å². The van der Waals surface area contributed by atoms with E-state index in [1.807, 2.05) is 4.68 Å². The van der Waals surface area contributed by atoms with Gasteiger partial charge in [0.2, 0.25) is 6.41 Å². The van der Waals surface area contributed by atoms with Crippen LogP contribution in [-0.2, 0) is 22.7 Å². The Morgan fingerprint density at radius 3 is 2.86 bits per heavy atom. The zero-order valence-electron chi connectivity index (χ0n) is 15.2. The van der Waals surface area contributed by atoms with Crippen LogP contribution < -0.4 is 10.6 Å². The summed E-state index contributed by atoms with van der Waals surface area (Å²) in [5.41, 5.74) is 2.58. The predicted octanol–water partition coefficient (Wildman–Crippen LogP) is 1.87. The summed E-state index contributed by atoms with van der Waals surface area (Å²) in [4.78, 5) is 29.0. The molecule has 2 aliphatic heterocycles. The zero-order chi connectivity index (χ0) is 19.5. The van der Waals surface area contributed by atoms with Gasteiger partial charge in [0.1, 0.15) is 5.82 Å². The molecule has 0 radical (unpaired) electrons. The number of nitrogens with one attached hydrogen (secondary N) is 2. The third-order valence-corrected chi connectivity index (χ3v) is 5.34. The highest BCUT2D eigenvalue weighted by Crippen LogP contribution is 2.33. The average molecular weight is 405 g/mol. The Balaban J connectivity index is 1.45. The maximum Gasteiger partial charge on any atom is 0.320 e. The van der Waals surface area contributed by atoms with Gasteiger partial charge < -0.3 is 15.0 Å². The van der Waals surface area contributed by atoms with Crippen molar-refractivity contribution in [2.45, 2.75) is 32.0 Å². The van der Waals surface area contributed by atoms with E-state index in [9.17, 15) is 9.59 Å². The van der Waals surface area contributed by atoms with Crippen molar-refractivity contribution in [1.82, 2.24) is 25.0 Å². The van der Waals surface area contributed by atoms with E-state index >= 15 is 0 Å². The van der Waals surface area contributed by atoms with Crippen molar-refractivity contribution >= 4 is 29.9 Å². The number of amides is 3. The monoisotopic (exact) mass is 404 g/mol. The molecule has 0 saturated carbocycles. The fourth-order valence-electron chi connectivity index (χ4n) is 3.50. The molecule has 4 rings (SSSR count). The molecule has 2 aromatic rings. The van der Waals surface area contributed by atoms with Crippen molar-refractivity contribution in [2.24, 2.45) is 0 Å². The number of halogens is 1. The van der Waals surface area contributed by atoms with E-state index in [0.717, 1.165) is 36.1 Å². The third kappa shape index (κ3) is 3.95. The third-order valence-electron chi connectivity index (χ3n) is 5.04. The van der Waals surface area contributed by atoms with Gasteiger partial charge in [0.05, 0.1) is 36.7 Å². The van der Waals surface area contributed by atoms with Crippen molar-refractivity contribution in [3.63, 3.8) is 0 Å². The molecule has 0 aliphatic carbocycles. The van der Waals surface area contributed by atoms with Gasteiger partial charge in [-0.2, -0.15) is 5.10 Å². The quantitative estimate of drug-likeness (QED) is 0.757. The summed E-state index contributed by atoms with van der Waals surface area (Å²) < 4.78 is 7.43. The van der Waals surface area contributed by atoms with Crippen molar-refractivity contribution in [1.29, 1.82) is 0 Å². The molecule has 4 heterocycles. The number of piperidine rings is 1. The topological polar surface area (TPSA) is 101 Å². The number of hydrogen-bond donors (Lipinski definition) is 2. The second-order valence-corrected chi connectivity index (χ2v) is 7.25. The Labute approximate surface area is 167 Å². The minimum atomic E-state index is -0.328. The SMILES string of the molecule is O=CN1CCC(NC(=O)Nc2cc(-c3cnn4c3COCC4)c(Cl)cn2)CC1. The molecule has 2 aliphatic rings. The first-order valence-electron chi connectivity index (χ1n) is 9.19. The fourth-order valence-corrected chi connectivity index (χ4v) is 3.71. The molecule has 1 saturated heterocycles. The number of ether oxygens (including phenoxy) is 1. The molecular weight excluding hydrogens is 384 g/mol. The number of aromatic nitrogens is 3. The van der Waals surface area contributed by atoms with Crippen LogP contribution in [0.3, 0.4) is 0 Å². The van der Waals surface area contributed by atoms with Gasteiger partial charge in [-0.3, -0.25) is 14.8 Å². The van der Waals surface area contributed by atoms with Crippen LogP contribution in [0.4, 0.5) is 10.6 Å². The highest BCUT2D eigenvalue weighted by atomic mass is 35.5. The van der Waals surface area contributed by atoms with E-state index in [2.05, 4.69) is 20.7 Å². The van der Waals surface area contributed by atoms with Gasteiger partial charge in [0.25, 0.3) is 0 Å². The predicted molar refractivity (Wildman–Crippen MR) is 103 cm³/mol. The molecule has 1 fully saturated rings. The Morgan fingerprint density at radius 2 is 2.07 bits per heavy atom. The largest absolute Gasteiger partial charge is 0.373 e. The molecule has 0 spiro atoms. The lowest BCUT2D eigenvalue weighted by atomic mass is 10.1. The lowest BCUT2D eigenvalue weighted by Crippen LogP contribution is -2.45. The van der Waals surface area contributed by atoms with Gasteiger partial charge in [0.15, 0.2) is 0 Å². The second kappa shape index (κ2) is 8.15. The molecule has 148 valence electrons. The average Bonchev–Trinajstić information content (AvgIpc) is 3.14. The van der Waals surface area contributed by atoms with Crippen LogP contribution in [0.15, 0.2) is 18.5 Å². The van der Waals surface area contributed by atoms with Crippen LogP contribution in [-0.4, -0.2) is 57.8 Å². The normalized spacial score (nSPS) is 17.1. The number of pyridine rings is 1. The highest BCUT2D eigenvalue weighted by molar-refractivity contribution is 6.33. The van der Waals surface area contributed by atoms with E-state index < -0.39 is 0 Å². The molecule has 0 atom stereocenters. The van der Waals surface area contributed by atoms with Crippen molar-refractivity contribution in [2.75, 3.05) is 25.0 Å². The van der Waals surface area contributed by atoms with Crippen LogP contribution >= 0.6 is 11.6 Å². The van der Waals surface area contributed by atoms with Crippen LogP contribution in [0.1, 0.15) is 18.5 Å². The first-order valence-corrected chi connectivity index (χ1v) is 9.57.